The van der Waals surface area contributed by atoms with Crippen molar-refractivity contribution in [2.75, 3.05) is 12.0 Å². The van der Waals surface area contributed by atoms with Gasteiger partial charge in [0.05, 0.1) is 17.3 Å². The molecule has 3 N–H and O–H groups in total. The summed E-state index contributed by atoms with van der Waals surface area (Å²) in [5, 5.41) is 0.660. The Bertz CT molecular complexity index is 581. The quantitative estimate of drug-likeness (QED) is 0.653. The molecule has 2 aromatic heterocycles. The highest BCUT2D eigenvalue weighted by Gasteiger charge is 2.18. The van der Waals surface area contributed by atoms with Gasteiger partial charge in [0.25, 0.3) is 0 Å². The summed E-state index contributed by atoms with van der Waals surface area (Å²) in [6.45, 7) is 3.41. The number of nitrogen functional groups attached to an aromatic ring is 1. The number of aromatic nitrogens is 3. The predicted octanol–water partition coefficient (Wildman–Crippen LogP) is 1.23. The summed E-state index contributed by atoms with van der Waals surface area (Å²) in [4.78, 5) is 11.0. The van der Waals surface area contributed by atoms with E-state index in [-0.39, 0.29) is 0 Å². The maximum atomic E-state index is 6.17. The third kappa shape index (κ3) is 2.56. The van der Waals surface area contributed by atoms with Crippen LogP contribution in [0.2, 0.25) is 5.02 Å². The molecule has 0 spiro atoms. The normalized spacial score (nSPS) is 15.3. The van der Waals surface area contributed by atoms with E-state index in [4.69, 9.17) is 17.4 Å². The number of anilines is 1. The number of rotatable bonds is 3. The molecule has 0 aliphatic carbocycles. The van der Waals surface area contributed by atoms with Crippen molar-refractivity contribution < 1.29 is 0 Å². The number of nitrogens with one attached hydrogen (secondary N) is 1. The average Bonchev–Trinajstić information content (AvgIpc) is 2.89. The fourth-order valence-corrected chi connectivity index (χ4v) is 2.41. The molecule has 19 heavy (non-hydrogen) atoms. The lowest BCUT2D eigenvalue weighted by molar-refractivity contribution is 0.206. The average molecular weight is 279 g/mol. The highest BCUT2D eigenvalue weighted by molar-refractivity contribution is 6.31. The Morgan fingerprint density at radius 2 is 2.26 bits per heavy atom. The molecule has 3 heterocycles. The van der Waals surface area contributed by atoms with E-state index in [0.717, 1.165) is 31.2 Å². The van der Waals surface area contributed by atoms with Gasteiger partial charge in [-0.15, -0.1) is 0 Å². The van der Waals surface area contributed by atoms with Gasteiger partial charge in [-0.2, -0.15) is 0 Å². The predicted molar refractivity (Wildman–Crippen MR) is 73.4 cm³/mol. The minimum Gasteiger partial charge on any atom is -0.333 e. The van der Waals surface area contributed by atoms with Gasteiger partial charge in [0.15, 0.2) is 0 Å². The van der Waals surface area contributed by atoms with Gasteiger partial charge < -0.3 is 9.99 Å². The zero-order valence-electron chi connectivity index (χ0n) is 10.4. The second-order valence-corrected chi connectivity index (χ2v) is 4.92. The molecule has 0 bridgehead atoms. The Balaban J connectivity index is 1.76. The summed E-state index contributed by atoms with van der Waals surface area (Å²) in [6, 6.07) is 3.57. The van der Waals surface area contributed by atoms with Gasteiger partial charge in [-0.25, -0.2) is 15.8 Å². The summed E-state index contributed by atoms with van der Waals surface area (Å²) in [5.74, 6) is 7.07. The van der Waals surface area contributed by atoms with E-state index in [9.17, 15) is 0 Å². The van der Waals surface area contributed by atoms with Gasteiger partial charge in [0.1, 0.15) is 11.6 Å². The van der Waals surface area contributed by atoms with Crippen molar-refractivity contribution >= 4 is 17.4 Å². The van der Waals surface area contributed by atoms with E-state index in [0.29, 0.717) is 17.4 Å². The molecule has 0 fully saturated rings. The summed E-state index contributed by atoms with van der Waals surface area (Å²) < 4.78 is 2.17. The van der Waals surface area contributed by atoms with Crippen molar-refractivity contribution in [3.05, 3.63) is 41.1 Å². The first-order chi connectivity index (χ1) is 9.26. The van der Waals surface area contributed by atoms with Gasteiger partial charge >= 0.3 is 0 Å². The molecule has 6 nitrogen and oxygen atoms in total. The summed E-state index contributed by atoms with van der Waals surface area (Å²) in [7, 11) is 0. The van der Waals surface area contributed by atoms with Crippen LogP contribution >= 0.6 is 11.6 Å². The van der Waals surface area contributed by atoms with Crippen molar-refractivity contribution in [3.8, 4) is 0 Å². The molecular weight excluding hydrogens is 264 g/mol. The van der Waals surface area contributed by atoms with Crippen molar-refractivity contribution in [3.63, 3.8) is 0 Å². The van der Waals surface area contributed by atoms with Crippen LogP contribution in [0.3, 0.4) is 0 Å². The molecule has 1 aliphatic rings. The van der Waals surface area contributed by atoms with Crippen molar-refractivity contribution in [1.82, 2.24) is 19.4 Å². The van der Waals surface area contributed by atoms with E-state index < -0.39 is 0 Å². The maximum absolute atomic E-state index is 6.17. The number of hydrogen-bond donors (Lipinski definition) is 2. The first kappa shape index (κ1) is 12.4. The van der Waals surface area contributed by atoms with E-state index in [1.54, 1.807) is 6.07 Å². The van der Waals surface area contributed by atoms with Crippen LogP contribution < -0.4 is 11.3 Å². The largest absolute Gasteiger partial charge is 0.333 e. The molecule has 0 aromatic carbocycles. The van der Waals surface area contributed by atoms with Gasteiger partial charge in [0.2, 0.25) is 0 Å². The molecule has 1 aliphatic heterocycles. The number of fused-ring (bicyclic) bond motifs is 1. The van der Waals surface area contributed by atoms with Gasteiger partial charge in [-0.05, 0) is 12.1 Å². The lowest BCUT2D eigenvalue weighted by atomic mass is 10.3. The lowest BCUT2D eigenvalue weighted by Gasteiger charge is -2.27. The van der Waals surface area contributed by atoms with Crippen LogP contribution in [-0.4, -0.2) is 26.0 Å². The first-order valence-corrected chi connectivity index (χ1v) is 6.48. The van der Waals surface area contributed by atoms with Crippen molar-refractivity contribution in [2.45, 2.75) is 19.6 Å². The Labute approximate surface area is 116 Å². The van der Waals surface area contributed by atoms with Crippen LogP contribution in [0.4, 0.5) is 5.82 Å². The number of imidazole rings is 1. The molecule has 0 saturated heterocycles. The fourth-order valence-electron chi connectivity index (χ4n) is 2.25. The number of hydrazine groups is 1. The molecule has 3 rings (SSSR count). The lowest BCUT2D eigenvalue weighted by Crippen LogP contribution is -2.33. The summed E-state index contributed by atoms with van der Waals surface area (Å²) >= 11 is 6.17. The standard InChI is InChI=1S/C12H15ClN6/c13-9-1-2-11(17-14)16-10(9)7-18-5-6-19-4-3-15-12(19)8-18/h1-4H,5-8,14H2,(H,16,17). The van der Waals surface area contributed by atoms with Crippen LogP contribution in [0.1, 0.15) is 11.5 Å². The van der Waals surface area contributed by atoms with E-state index >= 15 is 0 Å². The molecule has 0 amide bonds. The van der Waals surface area contributed by atoms with Crippen molar-refractivity contribution in [2.24, 2.45) is 5.84 Å². The first-order valence-electron chi connectivity index (χ1n) is 6.10. The van der Waals surface area contributed by atoms with Crippen LogP contribution in [0, 0.1) is 0 Å². The van der Waals surface area contributed by atoms with Crippen LogP contribution in [0.25, 0.3) is 0 Å². The zero-order chi connectivity index (χ0) is 13.2. The fraction of sp³-hybridized carbons (Fsp3) is 0.333. The molecule has 7 heteroatoms. The van der Waals surface area contributed by atoms with Crippen molar-refractivity contribution in [1.29, 1.82) is 0 Å². The molecule has 0 radical (unpaired) electrons. The van der Waals surface area contributed by atoms with Crippen LogP contribution in [0.5, 0.6) is 0 Å². The summed E-state index contributed by atoms with van der Waals surface area (Å²) in [6.07, 6.45) is 3.85. The maximum Gasteiger partial charge on any atom is 0.140 e. The molecule has 0 unspecified atom stereocenters. The SMILES string of the molecule is NNc1ccc(Cl)c(CN2CCn3ccnc3C2)n1. The smallest absolute Gasteiger partial charge is 0.140 e. The van der Waals surface area contributed by atoms with Gasteiger partial charge in [0, 0.05) is 32.0 Å². The second kappa shape index (κ2) is 5.16. The molecule has 0 atom stereocenters. The molecule has 2 aromatic rings. The highest BCUT2D eigenvalue weighted by Crippen LogP contribution is 2.20. The summed E-state index contributed by atoms with van der Waals surface area (Å²) in [5.41, 5.74) is 3.37. The monoisotopic (exact) mass is 278 g/mol. The number of halogens is 1. The third-order valence-corrected chi connectivity index (χ3v) is 3.61. The number of hydrogen-bond acceptors (Lipinski definition) is 5. The van der Waals surface area contributed by atoms with E-state index in [2.05, 4.69) is 24.9 Å². The molecule has 100 valence electrons. The van der Waals surface area contributed by atoms with Gasteiger partial charge in [-0.3, -0.25) is 4.90 Å². The number of pyridine rings is 1. The van der Waals surface area contributed by atoms with E-state index in [1.807, 2.05) is 18.5 Å². The Kier molecular flexibility index (Phi) is 3.37. The molecule has 0 saturated carbocycles. The highest BCUT2D eigenvalue weighted by atomic mass is 35.5. The Morgan fingerprint density at radius 3 is 3.11 bits per heavy atom. The van der Waals surface area contributed by atoms with Crippen LogP contribution in [0.15, 0.2) is 24.5 Å². The third-order valence-electron chi connectivity index (χ3n) is 3.26. The second-order valence-electron chi connectivity index (χ2n) is 4.52. The van der Waals surface area contributed by atoms with Gasteiger partial charge in [-0.1, -0.05) is 11.6 Å². The van der Waals surface area contributed by atoms with Crippen LogP contribution in [-0.2, 0) is 19.6 Å². The minimum absolute atomic E-state index is 0.623. The topological polar surface area (TPSA) is 72.0 Å². The molecular formula is C12H15ClN6. The minimum atomic E-state index is 0.623. The number of nitrogens with zero attached hydrogens (tertiary/aromatic N) is 4. The number of nitrogens with two attached hydrogens (primary N) is 1. The van der Waals surface area contributed by atoms with E-state index in [1.165, 1.54) is 0 Å². The zero-order valence-corrected chi connectivity index (χ0v) is 11.1. The Hall–Kier alpha value is -1.63. The Morgan fingerprint density at radius 1 is 1.37 bits per heavy atom.